The second-order valence-electron chi connectivity index (χ2n) is 11.1. The molecule has 1 aliphatic heterocycles. The van der Waals surface area contributed by atoms with Gasteiger partial charge in [-0.05, 0) is 73.3 Å². The third-order valence-electron chi connectivity index (χ3n) is 7.75. The summed E-state index contributed by atoms with van der Waals surface area (Å²) < 4.78 is 14.1. The molecule has 1 unspecified atom stereocenters. The molecule has 1 aliphatic carbocycles. The molecule has 1 heterocycles. The van der Waals surface area contributed by atoms with Crippen LogP contribution in [-0.4, -0.2) is 28.1 Å². The van der Waals surface area contributed by atoms with Gasteiger partial charge in [0, 0.05) is 11.1 Å². The maximum absolute atomic E-state index is 14.1. The molecule has 2 amide bonds. The van der Waals surface area contributed by atoms with E-state index in [1.807, 2.05) is 17.0 Å². The molecule has 0 bridgehead atoms. The highest BCUT2D eigenvalue weighted by Gasteiger charge is 2.52. The smallest absolute Gasteiger partial charge is 0.275 e. The van der Waals surface area contributed by atoms with Gasteiger partial charge >= 0.3 is 0 Å². The number of nitrogens with zero attached hydrogens (tertiary/aromatic N) is 2. The molecule has 4 rings (SSSR count). The molecule has 1 spiro atoms. The Morgan fingerprint density at radius 1 is 1.17 bits per heavy atom. The highest BCUT2D eigenvalue weighted by molar-refractivity contribution is 6.46. The number of rotatable bonds is 6. The zero-order chi connectivity index (χ0) is 25.4. The van der Waals surface area contributed by atoms with Crippen LogP contribution in [0.15, 0.2) is 53.5 Å². The third kappa shape index (κ3) is 4.89. The van der Waals surface area contributed by atoms with Crippen LogP contribution < -0.4 is 5.73 Å². The first-order chi connectivity index (χ1) is 16.6. The Morgan fingerprint density at radius 2 is 1.83 bits per heavy atom. The Hall–Kier alpha value is -3.02. The summed E-state index contributed by atoms with van der Waals surface area (Å²) in [6, 6.07) is 13.2. The van der Waals surface area contributed by atoms with Crippen LogP contribution in [0.1, 0.15) is 93.7 Å². The third-order valence-corrected chi connectivity index (χ3v) is 7.75. The molecular formula is C29H36FN3O2. The van der Waals surface area contributed by atoms with E-state index >= 15 is 0 Å². The lowest BCUT2D eigenvalue weighted by Crippen LogP contribution is -2.51. The first-order valence-corrected chi connectivity index (χ1v) is 12.6. The van der Waals surface area contributed by atoms with E-state index in [1.165, 1.54) is 12.1 Å². The van der Waals surface area contributed by atoms with Gasteiger partial charge < -0.3 is 10.6 Å². The van der Waals surface area contributed by atoms with Crippen molar-refractivity contribution in [1.29, 1.82) is 0 Å². The van der Waals surface area contributed by atoms with Crippen LogP contribution in [-0.2, 0) is 4.79 Å². The maximum Gasteiger partial charge on any atom is 0.275 e. The van der Waals surface area contributed by atoms with Crippen LogP contribution >= 0.6 is 0 Å². The van der Waals surface area contributed by atoms with Gasteiger partial charge in [0.05, 0.1) is 6.04 Å². The van der Waals surface area contributed by atoms with E-state index in [0.717, 1.165) is 44.1 Å². The molecule has 6 heteroatoms. The van der Waals surface area contributed by atoms with Crippen LogP contribution in [0.5, 0.6) is 0 Å². The molecule has 0 radical (unpaired) electrons. The van der Waals surface area contributed by atoms with Crippen molar-refractivity contribution >= 4 is 17.5 Å². The first kappa shape index (κ1) is 25.1. The lowest BCUT2D eigenvalue weighted by molar-refractivity contribution is -0.133. The second kappa shape index (κ2) is 9.56. The highest BCUT2D eigenvalue weighted by atomic mass is 19.1. The van der Waals surface area contributed by atoms with Gasteiger partial charge in [0.1, 0.15) is 17.2 Å². The van der Waals surface area contributed by atoms with Gasteiger partial charge in [0.25, 0.3) is 5.91 Å². The maximum atomic E-state index is 14.1. The molecule has 2 aromatic carbocycles. The Balaban J connectivity index is 1.77. The number of hydrogen-bond acceptors (Lipinski definition) is 3. The van der Waals surface area contributed by atoms with Gasteiger partial charge in [-0.2, -0.15) is 0 Å². The SMILES string of the molecule is CCCC(c1ccc(C(N)=O)cc1)N1C(=O)C(c2cccc(F)c2)=NC12CCC(C(C)(C)C)CC2. The van der Waals surface area contributed by atoms with Gasteiger partial charge in [-0.15, -0.1) is 0 Å². The van der Waals surface area contributed by atoms with Crippen molar-refractivity contribution in [1.82, 2.24) is 4.90 Å². The normalized spacial score (nSPS) is 23.5. The number of carbonyl (C=O) groups is 2. The van der Waals surface area contributed by atoms with Gasteiger partial charge in [-0.1, -0.05) is 58.4 Å². The monoisotopic (exact) mass is 477 g/mol. The average molecular weight is 478 g/mol. The van der Waals surface area contributed by atoms with Crippen molar-refractivity contribution in [2.45, 2.75) is 77.9 Å². The molecule has 2 aliphatic rings. The van der Waals surface area contributed by atoms with Gasteiger partial charge in [0.15, 0.2) is 0 Å². The van der Waals surface area contributed by atoms with Crippen molar-refractivity contribution in [3.05, 3.63) is 71.0 Å². The van der Waals surface area contributed by atoms with Gasteiger partial charge in [-0.25, -0.2) is 4.39 Å². The van der Waals surface area contributed by atoms with E-state index in [4.69, 9.17) is 10.7 Å². The van der Waals surface area contributed by atoms with E-state index in [2.05, 4.69) is 27.7 Å². The zero-order valence-electron chi connectivity index (χ0n) is 21.2. The van der Waals surface area contributed by atoms with Crippen LogP contribution in [0.4, 0.5) is 4.39 Å². The van der Waals surface area contributed by atoms with E-state index in [9.17, 15) is 14.0 Å². The first-order valence-electron chi connectivity index (χ1n) is 12.6. The molecule has 0 saturated heterocycles. The quantitative estimate of drug-likeness (QED) is 0.551. The Morgan fingerprint density at radius 3 is 2.37 bits per heavy atom. The summed E-state index contributed by atoms with van der Waals surface area (Å²) in [5, 5.41) is 0. The molecule has 186 valence electrons. The number of benzene rings is 2. The van der Waals surface area contributed by atoms with Crippen molar-refractivity contribution < 1.29 is 14.0 Å². The van der Waals surface area contributed by atoms with Crippen LogP contribution in [0.25, 0.3) is 0 Å². The number of aliphatic imine (C=N–C) groups is 1. The minimum atomic E-state index is -0.650. The Bertz CT molecular complexity index is 1130. The molecular weight excluding hydrogens is 441 g/mol. The minimum absolute atomic E-state index is 0.151. The number of primary amides is 1. The van der Waals surface area contributed by atoms with E-state index in [1.54, 1.807) is 24.3 Å². The number of amides is 2. The van der Waals surface area contributed by atoms with E-state index < -0.39 is 11.6 Å². The number of hydrogen-bond donors (Lipinski definition) is 1. The van der Waals surface area contributed by atoms with Crippen LogP contribution in [0.2, 0.25) is 0 Å². The molecule has 5 nitrogen and oxygen atoms in total. The molecule has 2 N–H and O–H groups in total. The lowest BCUT2D eigenvalue weighted by Gasteiger charge is -2.47. The molecule has 0 aromatic heterocycles. The highest BCUT2D eigenvalue weighted by Crippen LogP contribution is 2.49. The number of halogens is 1. The summed E-state index contributed by atoms with van der Waals surface area (Å²) in [5.74, 6) is -0.455. The van der Waals surface area contributed by atoms with E-state index in [-0.39, 0.29) is 23.2 Å². The molecule has 35 heavy (non-hydrogen) atoms. The van der Waals surface area contributed by atoms with Gasteiger partial charge in [-0.3, -0.25) is 14.6 Å². The molecule has 2 aromatic rings. The van der Waals surface area contributed by atoms with Crippen molar-refractivity contribution in [2.24, 2.45) is 22.1 Å². The standard InChI is InChI=1S/C29H36FN3O2/c1-5-7-24(19-10-12-20(13-11-19)26(31)34)33-27(35)25(21-8-6-9-23(30)18-21)32-29(33)16-14-22(15-17-29)28(2,3)4/h6,8-13,18,22,24H,5,7,14-17H2,1-4H3,(H2,31,34). The largest absolute Gasteiger partial charge is 0.366 e. The molecule has 1 atom stereocenters. The summed E-state index contributed by atoms with van der Waals surface area (Å²) in [6.45, 7) is 8.92. The van der Waals surface area contributed by atoms with Crippen LogP contribution in [0.3, 0.4) is 0 Å². The summed E-state index contributed by atoms with van der Waals surface area (Å²) >= 11 is 0. The lowest BCUT2D eigenvalue weighted by atomic mass is 9.69. The molecule has 1 saturated carbocycles. The van der Waals surface area contributed by atoms with Crippen LogP contribution in [0, 0.1) is 17.2 Å². The van der Waals surface area contributed by atoms with Crippen molar-refractivity contribution in [3.63, 3.8) is 0 Å². The summed E-state index contributed by atoms with van der Waals surface area (Å²) in [5.41, 5.74) is 7.25. The summed E-state index contributed by atoms with van der Waals surface area (Å²) in [4.78, 5) is 32.7. The summed E-state index contributed by atoms with van der Waals surface area (Å²) in [6.07, 6.45) is 5.15. The van der Waals surface area contributed by atoms with Gasteiger partial charge in [0.2, 0.25) is 5.91 Å². The summed E-state index contributed by atoms with van der Waals surface area (Å²) in [7, 11) is 0. The zero-order valence-corrected chi connectivity index (χ0v) is 21.2. The topological polar surface area (TPSA) is 75.8 Å². The fourth-order valence-electron chi connectivity index (χ4n) is 5.75. The Labute approximate surface area is 207 Å². The Kier molecular flexibility index (Phi) is 6.85. The van der Waals surface area contributed by atoms with Crippen molar-refractivity contribution in [2.75, 3.05) is 0 Å². The average Bonchev–Trinajstić information content (AvgIpc) is 3.08. The fourth-order valence-corrected chi connectivity index (χ4v) is 5.75. The number of carbonyl (C=O) groups excluding carboxylic acids is 2. The minimum Gasteiger partial charge on any atom is -0.366 e. The van der Waals surface area contributed by atoms with E-state index in [0.29, 0.717) is 22.8 Å². The fraction of sp³-hybridized carbons (Fsp3) is 0.483. The second-order valence-corrected chi connectivity index (χ2v) is 11.1. The molecule has 1 fully saturated rings. The van der Waals surface area contributed by atoms with Crippen molar-refractivity contribution in [3.8, 4) is 0 Å². The predicted molar refractivity (Wildman–Crippen MR) is 137 cm³/mol. The predicted octanol–water partition coefficient (Wildman–Crippen LogP) is 6.03. The number of nitrogens with two attached hydrogens (primary N) is 1.